The molecule has 2 N–H and O–H groups in total. The van der Waals surface area contributed by atoms with Crippen molar-refractivity contribution < 1.29 is 9.18 Å². The van der Waals surface area contributed by atoms with Crippen molar-refractivity contribution in [3.05, 3.63) is 59.7 Å². The standard InChI is InChI=1S/C19H22FN3O/c20-18-9-5-4-6-14(18)12-22-19(24)15-10-17(13-21-11-15)23-16-7-2-1-3-8-16/h4-6,9-11,13,16,23H,1-3,7-8,12H2,(H,22,24). The van der Waals surface area contributed by atoms with Crippen LogP contribution >= 0.6 is 0 Å². The molecule has 0 spiro atoms. The van der Waals surface area contributed by atoms with Crippen LogP contribution in [0, 0.1) is 5.82 Å². The van der Waals surface area contributed by atoms with Crippen molar-refractivity contribution in [2.75, 3.05) is 5.32 Å². The summed E-state index contributed by atoms with van der Waals surface area (Å²) in [6, 6.07) is 8.69. The Morgan fingerprint density at radius 2 is 1.96 bits per heavy atom. The highest BCUT2D eigenvalue weighted by molar-refractivity contribution is 5.94. The lowest BCUT2D eigenvalue weighted by Gasteiger charge is -2.23. The van der Waals surface area contributed by atoms with Gasteiger partial charge >= 0.3 is 0 Å². The lowest BCUT2D eigenvalue weighted by atomic mass is 9.95. The average Bonchev–Trinajstić information content (AvgIpc) is 2.62. The van der Waals surface area contributed by atoms with E-state index in [0.29, 0.717) is 17.2 Å². The maximum Gasteiger partial charge on any atom is 0.253 e. The highest BCUT2D eigenvalue weighted by Gasteiger charge is 2.14. The van der Waals surface area contributed by atoms with Gasteiger partial charge < -0.3 is 10.6 Å². The van der Waals surface area contributed by atoms with E-state index in [9.17, 15) is 9.18 Å². The van der Waals surface area contributed by atoms with E-state index in [1.807, 2.05) is 0 Å². The largest absolute Gasteiger partial charge is 0.381 e. The van der Waals surface area contributed by atoms with Gasteiger partial charge in [0.25, 0.3) is 5.91 Å². The number of benzene rings is 1. The van der Waals surface area contributed by atoms with E-state index in [4.69, 9.17) is 0 Å². The zero-order valence-electron chi connectivity index (χ0n) is 13.6. The highest BCUT2D eigenvalue weighted by Crippen LogP contribution is 2.21. The third-order valence-corrected chi connectivity index (χ3v) is 4.37. The maximum absolute atomic E-state index is 13.6. The van der Waals surface area contributed by atoms with Gasteiger partial charge in [-0.15, -0.1) is 0 Å². The van der Waals surface area contributed by atoms with Crippen molar-refractivity contribution in [1.82, 2.24) is 10.3 Å². The molecule has 0 bridgehead atoms. The minimum atomic E-state index is -0.316. The zero-order chi connectivity index (χ0) is 16.8. The van der Waals surface area contributed by atoms with Gasteiger partial charge in [0.2, 0.25) is 0 Å². The number of carbonyl (C=O) groups excluding carboxylic acids is 1. The Balaban J connectivity index is 1.60. The first-order valence-electron chi connectivity index (χ1n) is 8.45. The molecule has 5 heteroatoms. The van der Waals surface area contributed by atoms with Crippen LogP contribution in [0.25, 0.3) is 0 Å². The molecule has 1 amide bonds. The number of nitrogens with one attached hydrogen (secondary N) is 2. The Morgan fingerprint density at radius 1 is 1.17 bits per heavy atom. The third kappa shape index (κ3) is 4.31. The van der Waals surface area contributed by atoms with Crippen LogP contribution in [0.5, 0.6) is 0 Å². The molecule has 1 aliphatic carbocycles. The average molecular weight is 327 g/mol. The molecule has 1 saturated carbocycles. The molecular weight excluding hydrogens is 305 g/mol. The number of rotatable bonds is 5. The fourth-order valence-corrected chi connectivity index (χ4v) is 3.04. The van der Waals surface area contributed by atoms with E-state index in [2.05, 4.69) is 15.6 Å². The third-order valence-electron chi connectivity index (χ3n) is 4.37. The van der Waals surface area contributed by atoms with Crippen LogP contribution in [0.4, 0.5) is 10.1 Å². The second-order valence-corrected chi connectivity index (χ2v) is 6.22. The monoisotopic (exact) mass is 327 g/mol. The van der Waals surface area contributed by atoms with E-state index in [1.54, 1.807) is 30.5 Å². The topological polar surface area (TPSA) is 54.0 Å². The summed E-state index contributed by atoms with van der Waals surface area (Å²) in [4.78, 5) is 16.4. The number of nitrogens with zero attached hydrogens (tertiary/aromatic N) is 1. The van der Waals surface area contributed by atoms with Gasteiger partial charge in [-0.25, -0.2) is 4.39 Å². The molecule has 1 aromatic heterocycles. The van der Waals surface area contributed by atoms with Gasteiger partial charge in [0.05, 0.1) is 11.3 Å². The van der Waals surface area contributed by atoms with Gasteiger partial charge in [0, 0.05) is 30.5 Å². The fraction of sp³-hybridized carbons (Fsp3) is 0.368. The Kier molecular flexibility index (Phi) is 5.41. The van der Waals surface area contributed by atoms with Gasteiger partial charge in [-0.05, 0) is 25.0 Å². The van der Waals surface area contributed by atoms with E-state index < -0.39 is 0 Å². The molecule has 0 aliphatic heterocycles. The van der Waals surface area contributed by atoms with Gasteiger partial charge in [-0.1, -0.05) is 37.5 Å². The fourth-order valence-electron chi connectivity index (χ4n) is 3.04. The number of aromatic nitrogens is 1. The van der Waals surface area contributed by atoms with Crippen LogP contribution in [0.3, 0.4) is 0 Å². The molecule has 1 heterocycles. The predicted octanol–water partition coefficient (Wildman–Crippen LogP) is 3.90. The number of amides is 1. The minimum absolute atomic E-state index is 0.159. The smallest absolute Gasteiger partial charge is 0.253 e. The van der Waals surface area contributed by atoms with Crippen molar-refractivity contribution in [2.24, 2.45) is 0 Å². The Labute approximate surface area is 141 Å². The minimum Gasteiger partial charge on any atom is -0.381 e. The van der Waals surface area contributed by atoms with Crippen molar-refractivity contribution in [3.8, 4) is 0 Å². The molecule has 0 unspecified atom stereocenters. The summed E-state index contributed by atoms with van der Waals surface area (Å²) in [5, 5.41) is 6.20. The normalized spacial score (nSPS) is 15.0. The van der Waals surface area contributed by atoms with E-state index >= 15 is 0 Å². The molecule has 24 heavy (non-hydrogen) atoms. The van der Waals surface area contributed by atoms with Crippen molar-refractivity contribution in [1.29, 1.82) is 0 Å². The van der Waals surface area contributed by atoms with E-state index in [-0.39, 0.29) is 18.3 Å². The molecular formula is C19H22FN3O. The number of anilines is 1. The van der Waals surface area contributed by atoms with Gasteiger partial charge in [-0.3, -0.25) is 9.78 Å². The molecule has 1 aliphatic rings. The van der Waals surface area contributed by atoms with Crippen LogP contribution < -0.4 is 10.6 Å². The summed E-state index contributed by atoms with van der Waals surface area (Å²) in [5.41, 5.74) is 1.81. The SMILES string of the molecule is O=C(NCc1ccccc1F)c1cncc(NC2CCCCC2)c1. The number of carbonyl (C=O) groups is 1. The van der Waals surface area contributed by atoms with E-state index in [0.717, 1.165) is 18.5 Å². The Bertz CT molecular complexity index is 699. The highest BCUT2D eigenvalue weighted by atomic mass is 19.1. The molecule has 0 saturated heterocycles. The van der Waals surface area contributed by atoms with Crippen molar-refractivity contribution in [3.63, 3.8) is 0 Å². The molecule has 0 radical (unpaired) electrons. The quantitative estimate of drug-likeness (QED) is 0.876. The Morgan fingerprint density at radius 3 is 2.75 bits per heavy atom. The first-order chi connectivity index (χ1) is 11.7. The zero-order valence-corrected chi connectivity index (χ0v) is 13.6. The van der Waals surface area contributed by atoms with Crippen molar-refractivity contribution in [2.45, 2.75) is 44.7 Å². The summed E-state index contributed by atoms with van der Waals surface area (Å²) in [6.07, 6.45) is 9.37. The van der Waals surface area contributed by atoms with Crippen LogP contribution in [0.2, 0.25) is 0 Å². The molecule has 4 nitrogen and oxygen atoms in total. The second kappa shape index (κ2) is 7.90. The van der Waals surface area contributed by atoms with Gasteiger partial charge in [0.1, 0.15) is 5.82 Å². The van der Waals surface area contributed by atoms with Gasteiger partial charge in [0.15, 0.2) is 0 Å². The summed E-state index contributed by atoms with van der Waals surface area (Å²) in [7, 11) is 0. The van der Waals surface area contributed by atoms with Crippen LogP contribution in [-0.4, -0.2) is 16.9 Å². The number of pyridine rings is 1. The number of hydrogen-bond donors (Lipinski definition) is 2. The molecule has 126 valence electrons. The molecule has 2 aromatic rings. The molecule has 1 aromatic carbocycles. The summed E-state index contributed by atoms with van der Waals surface area (Å²) in [6.45, 7) is 0.159. The first kappa shape index (κ1) is 16.4. The van der Waals surface area contributed by atoms with Crippen LogP contribution in [0.1, 0.15) is 48.0 Å². The first-order valence-corrected chi connectivity index (χ1v) is 8.45. The molecule has 1 fully saturated rings. The summed E-state index contributed by atoms with van der Waals surface area (Å²) < 4.78 is 13.6. The number of hydrogen-bond acceptors (Lipinski definition) is 3. The maximum atomic E-state index is 13.6. The predicted molar refractivity (Wildman–Crippen MR) is 92.3 cm³/mol. The summed E-state index contributed by atoms with van der Waals surface area (Å²) >= 11 is 0. The van der Waals surface area contributed by atoms with Crippen LogP contribution in [0.15, 0.2) is 42.7 Å². The second-order valence-electron chi connectivity index (χ2n) is 6.22. The lowest BCUT2D eigenvalue weighted by molar-refractivity contribution is 0.0950. The van der Waals surface area contributed by atoms with E-state index in [1.165, 1.54) is 31.5 Å². The Hall–Kier alpha value is -2.43. The van der Waals surface area contributed by atoms with Crippen LogP contribution in [-0.2, 0) is 6.54 Å². The lowest BCUT2D eigenvalue weighted by Crippen LogP contribution is -2.25. The number of halogens is 1. The van der Waals surface area contributed by atoms with Crippen molar-refractivity contribution >= 4 is 11.6 Å². The molecule has 3 rings (SSSR count). The molecule has 0 atom stereocenters. The summed E-state index contributed by atoms with van der Waals surface area (Å²) in [5.74, 6) is -0.568. The van der Waals surface area contributed by atoms with Gasteiger partial charge in [-0.2, -0.15) is 0 Å².